The molecule has 0 saturated carbocycles. The number of rotatable bonds is 4. The van der Waals surface area contributed by atoms with Gasteiger partial charge in [-0.2, -0.15) is 0 Å². The number of aliphatic hydroxyl groups is 1. The number of benzene rings is 1. The number of halogens is 1. The maximum Gasteiger partial charge on any atom is 0.275 e. The highest BCUT2D eigenvalue weighted by Gasteiger charge is 2.27. The molecule has 1 heterocycles. The summed E-state index contributed by atoms with van der Waals surface area (Å²) in [5, 5.41) is 20.6. The molecule has 1 fully saturated rings. The third-order valence-electron chi connectivity index (χ3n) is 3.36. The van der Waals surface area contributed by atoms with Gasteiger partial charge in [0.2, 0.25) is 0 Å². The van der Waals surface area contributed by atoms with Crippen LogP contribution in [0.2, 0.25) is 5.02 Å². The van der Waals surface area contributed by atoms with Crippen molar-refractivity contribution in [3.05, 3.63) is 38.9 Å². The molecule has 1 aromatic carbocycles. The summed E-state index contributed by atoms with van der Waals surface area (Å²) in [6.45, 7) is 1.34. The first-order valence-corrected chi connectivity index (χ1v) is 6.28. The Morgan fingerprint density at radius 3 is 3.00 bits per heavy atom. The van der Waals surface area contributed by atoms with Crippen LogP contribution in [-0.4, -0.2) is 34.1 Å². The third-order valence-corrected chi connectivity index (χ3v) is 3.72. The van der Waals surface area contributed by atoms with E-state index in [-0.39, 0.29) is 18.3 Å². The average molecular weight is 271 g/mol. The predicted octanol–water partition coefficient (Wildman–Crippen LogP) is 2.20. The van der Waals surface area contributed by atoms with Crippen molar-refractivity contribution in [3.8, 4) is 0 Å². The van der Waals surface area contributed by atoms with Gasteiger partial charge in [-0.25, -0.2) is 0 Å². The molecular weight excluding hydrogens is 256 g/mol. The van der Waals surface area contributed by atoms with Crippen LogP contribution in [0.5, 0.6) is 0 Å². The molecule has 1 saturated heterocycles. The van der Waals surface area contributed by atoms with Crippen molar-refractivity contribution < 1.29 is 10.0 Å². The second-order valence-corrected chi connectivity index (χ2v) is 4.85. The molecule has 0 spiro atoms. The standard InChI is InChI=1S/C12H15ClN2O3/c13-11-4-1-5-12(15(17)18)10(11)7-14-6-2-3-9(14)8-16/h1,4-5,9,16H,2-3,6-8H2/t9-/m0/s1. The lowest BCUT2D eigenvalue weighted by Crippen LogP contribution is -2.31. The molecule has 2 rings (SSSR count). The van der Waals surface area contributed by atoms with Gasteiger partial charge in [0, 0.05) is 18.7 Å². The first-order valence-electron chi connectivity index (χ1n) is 5.90. The molecule has 0 unspecified atom stereocenters. The van der Waals surface area contributed by atoms with E-state index >= 15 is 0 Å². The second-order valence-electron chi connectivity index (χ2n) is 4.44. The SMILES string of the molecule is O=[N+]([O-])c1cccc(Cl)c1CN1CCC[C@H]1CO. The van der Waals surface area contributed by atoms with Crippen LogP contribution >= 0.6 is 11.6 Å². The molecule has 1 aromatic rings. The molecule has 1 atom stereocenters. The van der Waals surface area contributed by atoms with Crippen LogP contribution in [0.1, 0.15) is 18.4 Å². The quantitative estimate of drug-likeness (QED) is 0.673. The zero-order chi connectivity index (χ0) is 13.1. The van der Waals surface area contributed by atoms with Crippen molar-refractivity contribution in [2.75, 3.05) is 13.2 Å². The van der Waals surface area contributed by atoms with Crippen molar-refractivity contribution in [3.63, 3.8) is 0 Å². The minimum atomic E-state index is -0.411. The molecule has 0 radical (unpaired) electrons. The minimum absolute atomic E-state index is 0.0473. The van der Waals surface area contributed by atoms with Gasteiger partial charge in [-0.3, -0.25) is 15.0 Å². The number of hydrogen-bond donors (Lipinski definition) is 1. The van der Waals surface area contributed by atoms with Gasteiger partial charge in [0.15, 0.2) is 0 Å². The molecule has 1 N–H and O–H groups in total. The van der Waals surface area contributed by atoms with E-state index in [1.807, 2.05) is 4.90 Å². The van der Waals surface area contributed by atoms with E-state index in [9.17, 15) is 15.2 Å². The number of nitrogens with zero attached hydrogens (tertiary/aromatic N) is 2. The summed E-state index contributed by atoms with van der Waals surface area (Å²) in [6, 6.07) is 4.79. The molecule has 5 nitrogen and oxygen atoms in total. The summed E-state index contributed by atoms with van der Waals surface area (Å²) in [6.07, 6.45) is 1.93. The number of likely N-dealkylation sites (tertiary alicyclic amines) is 1. The highest BCUT2D eigenvalue weighted by Crippen LogP contribution is 2.30. The van der Waals surface area contributed by atoms with Crippen LogP contribution < -0.4 is 0 Å². The Balaban J connectivity index is 2.25. The molecule has 0 aromatic heterocycles. The van der Waals surface area contributed by atoms with Gasteiger partial charge in [-0.15, -0.1) is 0 Å². The Morgan fingerprint density at radius 1 is 1.56 bits per heavy atom. The summed E-state index contributed by atoms with van der Waals surface area (Å²) in [7, 11) is 0. The monoisotopic (exact) mass is 270 g/mol. The van der Waals surface area contributed by atoms with Crippen LogP contribution in [0.25, 0.3) is 0 Å². The molecule has 6 heteroatoms. The lowest BCUT2D eigenvalue weighted by Gasteiger charge is -2.22. The first kappa shape index (κ1) is 13.3. The summed E-state index contributed by atoms with van der Waals surface area (Å²) in [5.74, 6) is 0. The molecule has 0 aliphatic carbocycles. The van der Waals surface area contributed by atoms with Gasteiger partial charge in [0.1, 0.15) is 0 Å². The van der Waals surface area contributed by atoms with Crippen LogP contribution in [-0.2, 0) is 6.54 Å². The third kappa shape index (κ3) is 2.63. The van der Waals surface area contributed by atoms with E-state index < -0.39 is 4.92 Å². The van der Waals surface area contributed by atoms with Crippen molar-refractivity contribution in [2.45, 2.75) is 25.4 Å². The number of nitro groups is 1. The lowest BCUT2D eigenvalue weighted by molar-refractivity contribution is -0.385. The zero-order valence-electron chi connectivity index (χ0n) is 9.88. The molecule has 18 heavy (non-hydrogen) atoms. The topological polar surface area (TPSA) is 66.6 Å². The molecule has 0 bridgehead atoms. The van der Waals surface area contributed by atoms with Crippen LogP contribution in [0.4, 0.5) is 5.69 Å². The maximum atomic E-state index is 11.0. The van der Waals surface area contributed by atoms with E-state index in [1.54, 1.807) is 12.1 Å². The van der Waals surface area contributed by atoms with E-state index in [0.717, 1.165) is 19.4 Å². The molecular formula is C12H15ClN2O3. The fourth-order valence-corrected chi connectivity index (χ4v) is 2.62. The van der Waals surface area contributed by atoms with Gasteiger partial charge in [0.25, 0.3) is 5.69 Å². The zero-order valence-corrected chi connectivity index (χ0v) is 10.6. The Morgan fingerprint density at radius 2 is 2.33 bits per heavy atom. The Labute approximate surface area is 110 Å². The maximum absolute atomic E-state index is 11.0. The van der Waals surface area contributed by atoms with E-state index in [0.29, 0.717) is 17.1 Å². The van der Waals surface area contributed by atoms with E-state index in [4.69, 9.17) is 11.6 Å². The summed E-state index contributed by atoms with van der Waals surface area (Å²) < 4.78 is 0. The Bertz CT molecular complexity index is 453. The predicted molar refractivity (Wildman–Crippen MR) is 68.6 cm³/mol. The highest BCUT2D eigenvalue weighted by atomic mass is 35.5. The minimum Gasteiger partial charge on any atom is -0.395 e. The number of aliphatic hydroxyl groups excluding tert-OH is 1. The fourth-order valence-electron chi connectivity index (χ4n) is 2.39. The van der Waals surface area contributed by atoms with Gasteiger partial charge in [-0.05, 0) is 25.5 Å². The summed E-state index contributed by atoms with van der Waals surface area (Å²) >= 11 is 6.05. The second kappa shape index (κ2) is 5.65. The fraction of sp³-hybridized carbons (Fsp3) is 0.500. The van der Waals surface area contributed by atoms with E-state index in [2.05, 4.69) is 0 Å². The van der Waals surface area contributed by atoms with Gasteiger partial charge >= 0.3 is 0 Å². The normalized spacial score (nSPS) is 20.2. The van der Waals surface area contributed by atoms with Gasteiger partial charge in [-0.1, -0.05) is 17.7 Å². The van der Waals surface area contributed by atoms with Crippen LogP contribution in [0, 0.1) is 10.1 Å². The van der Waals surface area contributed by atoms with Crippen molar-refractivity contribution >= 4 is 17.3 Å². The van der Waals surface area contributed by atoms with Crippen LogP contribution in [0.15, 0.2) is 18.2 Å². The van der Waals surface area contributed by atoms with E-state index in [1.165, 1.54) is 6.07 Å². The Kier molecular flexibility index (Phi) is 4.16. The summed E-state index contributed by atoms with van der Waals surface area (Å²) in [4.78, 5) is 12.6. The molecule has 98 valence electrons. The number of hydrogen-bond acceptors (Lipinski definition) is 4. The van der Waals surface area contributed by atoms with Gasteiger partial charge in [0.05, 0.1) is 22.1 Å². The molecule has 1 aliphatic heterocycles. The van der Waals surface area contributed by atoms with Crippen molar-refractivity contribution in [2.24, 2.45) is 0 Å². The number of nitro benzene ring substituents is 1. The lowest BCUT2D eigenvalue weighted by atomic mass is 10.1. The highest BCUT2D eigenvalue weighted by molar-refractivity contribution is 6.31. The van der Waals surface area contributed by atoms with Gasteiger partial charge < -0.3 is 5.11 Å². The average Bonchev–Trinajstić information content (AvgIpc) is 2.78. The Hall–Kier alpha value is -1.17. The molecule has 0 amide bonds. The van der Waals surface area contributed by atoms with Crippen molar-refractivity contribution in [1.82, 2.24) is 4.90 Å². The van der Waals surface area contributed by atoms with Crippen LogP contribution in [0.3, 0.4) is 0 Å². The summed E-state index contributed by atoms with van der Waals surface area (Å²) in [5.41, 5.74) is 0.579. The first-order chi connectivity index (χ1) is 8.63. The molecule has 1 aliphatic rings. The van der Waals surface area contributed by atoms with Crippen molar-refractivity contribution in [1.29, 1.82) is 0 Å². The smallest absolute Gasteiger partial charge is 0.275 e. The largest absolute Gasteiger partial charge is 0.395 e.